The number of amides is 3. The highest BCUT2D eigenvalue weighted by Crippen LogP contribution is 2.38. The summed E-state index contributed by atoms with van der Waals surface area (Å²) in [5.74, 6) is -0.146. The molecule has 3 rings (SSSR count). The molecule has 1 saturated carbocycles. The minimum atomic E-state index is -0.276. The molecule has 2 fully saturated rings. The Balaban J connectivity index is 1.39. The number of piperazine rings is 1. The first-order chi connectivity index (χ1) is 12.0. The lowest BCUT2D eigenvalue weighted by molar-refractivity contribution is -0.153. The Kier molecular flexibility index (Phi) is 5.21. The van der Waals surface area contributed by atoms with Crippen LogP contribution in [-0.4, -0.2) is 60.5 Å². The van der Waals surface area contributed by atoms with E-state index in [1.807, 2.05) is 37.3 Å². The molecule has 1 N–H and O–H groups in total. The Bertz CT molecular complexity index is 641. The number of nitrogens with one attached hydrogen (secondary N) is 1. The Hall–Kier alpha value is -2.57. The third-order valence-electron chi connectivity index (χ3n) is 4.69. The van der Waals surface area contributed by atoms with Crippen molar-refractivity contribution in [3.8, 4) is 0 Å². The fourth-order valence-electron chi connectivity index (χ4n) is 2.86. The van der Waals surface area contributed by atoms with Crippen molar-refractivity contribution in [2.24, 2.45) is 11.8 Å². The molecular formula is C18H23N3O4. The number of carbonyl (C=O) groups excluding carboxylic acids is 3. The van der Waals surface area contributed by atoms with E-state index in [9.17, 15) is 14.4 Å². The van der Waals surface area contributed by atoms with Gasteiger partial charge >= 0.3 is 12.0 Å². The van der Waals surface area contributed by atoms with Gasteiger partial charge in [-0.15, -0.1) is 0 Å². The molecule has 0 radical (unpaired) electrons. The van der Waals surface area contributed by atoms with Crippen molar-refractivity contribution in [1.82, 2.24) is 9.80 Å². The third kappa shape index (κ3) is 4.49. The molecule has 0 bridgehead atoms. The maximum absolute atomic E-state index is 12.2. The standard InChI is InChI=1S/C18H23N3O4/c1-13-11-15(13)17(23)25-12-16(22)20-7-9-21(10-8-20)18(24)19-14-5-3-2-4-6-14/h2-6,13,15H,7-12H2,1H3,(H,19,24)/t13-,15-/m1/s1. The molecule has 0 aromatic heterocycles. The van der Waals surface area contributed by atoms with Gasteiger partial charge in [0.15, 0.2) is 6.61 Å². The average molecular weight is 345 g/mol. The van der Waals surface area contributed by atoms with Crippen LogP contribution >= 0.6 is 0 Å². The summed E-state index contributed by atoms with van der Waals surface area (Å²) in [4.78, 5) is 39.3. The van der Waals surface area contributed by atoms with Crippen LogP contribution < -0.4 is 5.32 Å². The molecule has 1 heterocycles. The lowest BCUT2D eigenvalue weighted by Crippen LogP contribution is -2.52. The summed E-state index contributed by atoms with van der Waals surface area (Å²) >= 11 is 0. The van der Waals surface area contributed by atoms with Gasteiger partial charge in [0.1, 0.15) is 0 Å². The first-order valence-electron chi connectivity index (χ1n) is 8.60. The minimum absolute atomic E-state index is 0.0358. The van der Waals surface area contributed by atoms with Crippen LogP contribution in [0.2, 0.25) is 0 Å². The minimum Gasteiger partial charge on any atom is -0.455 e. The van der Waals surface area contributed by atoms with E-state index in [2.05, 4.69) is 5.32 Å². The molecule has 1 aromatic carbocycles. The van der Waals surface area contributed by atoms with E-state index in [0.717, 1.165) is 12.1 Å². The van der Waals surface area contributed by atoms with E-state index in [-0.39, 0.29) is 30.4 Å². The summed E-state index contributed by atoms with van der Waals surface area (Å²) < 4.78 is 5.08. The summed E-state index contributed by atoms with van der Waals surface area (Å²) in [6, 6.07) is 9.08. The molecule has 7 heteroatoms. The van der Waals surface area contributed by atoms with Gasteiger partial charge in [0.05, 0.1) is 5.92 Å². The van der Waals surface area contributed by atoms with E-state index < -0.39 is 0 Å². The SMILES string of the molecule is C[C@@H]1C[C@H]1C(=O)OCC(=O)N1CCN(C(=O)Nc2ccccc2)CC1. The molecule has 2 aliphatic rings. The molecule has 1 aromatic rings. The Labute approximate surface area is 146 Å². The number of anilines is 1. The molecule has 1 saturated heterocycles. The zero-order chi connectivity index (χ0) is 17.8. The Morgan fingerprint density at radius 1 is 1.08 bits per heavy atom. The van der Waals surface area contributed by atoms with Gasteiger partial charge in [0.25, 0.3) is 5.91 Å². The molecule has 0 spiro atoms. The van der Waals surface area contributed by atoms with Crippen LogP contribution in [0.15, 0.2) is 30.3 Å². The molecule has 7 nitrogen and oxygen atoms in total. The first-order valence-corrected chi connectivity index (χ1v) is 8.60. The number of rotatable bonds is 4. The second-order valence-electron chi connectivity index (χ2n) is 6.59. The van der Waals surface area contributed by atoms with Gasteiger partial charge in [-0.25, -0.2) is 4.79 Å². The van der Waals surface area contributed by atoms with Crippen molar-refractivity contribution in [2.75, 3.05) is 38.1 Å². The Morgan fingerprint density at radius 2 is 1.68 bits per heavy atom. The van der Waals surface area contributed by atoms with Gasteiger partial charge in [-0.1, -0.05) is 25.1 Å². The van der Waals surface area contributed by atoms with E-state index in [4.69, 9.17) is 4.74 Å². The quantitative estimate of drug-likeness (QED) is 0.840. The first kappa shape index (κ1) is 17.3. The zero-order valence-corrected chi connectivity index (χ0v) is 14.3. The summed E-state index contributed by atoms with van der Waals surface area (Å²) in [7, 11) is 0. The smallest absolute Gasteiger partial charge is 0.321 e. The highest BCUT2D eigenvalue weighted by atomic mass is 16.5. The predicted octanol–water partition coefficient (Wildman–Crippen LogP) is 1.56. The van der Waals surface area contributed by atoms with E-state index in [0.29, 0.717) is 32.1 Å². The number of para-hydroxylation sites is 1. The molecule has 2 atom stereocenters. The van der Waals surface area contributed by atoms with Crippen molar-refractivity contribution >= 4 is 23.6 Å². The van der Waals surface area contributed by atoms with Gasteiger partial charge in [-0.3, -0.25) is 9.59 Å². The number of nitrogens with zero attached hydrogens (tertiary/aromatic N) is 2. The van der Waals surface area contributed by atoms with Gasteiger partial charge in [0, 0.05) is 31.9 Å². The highest BCUT2D eigenvalue weighted by molar-refractivity contribution is 5.89. The molecular weight excluding hydrogens is 322 g/mol. The summed E-state index contributed by atoms with van der Waals surface area (Å²) in [5.41, 5.74) is 0.743. The fourth-order valence-corrected chi connectivity index (χ4v) is 2.86. The number of ether oxygens (including phenoxy) is 1. The summed E-state index contributed by atoms with van der Waals surface area (Å²) in [5, 5.41) is 2.83. The number of benzene rings is 1. The molecule has 3 amide bonds. The summed E-state index contributed by atoms with van der Waals surface area (Å²) in [6.07, 6.45) is 0.849. The molecule has 134 valence electrons. The topological polar surface area (TPSA) is 79.0 Å². The molecule has 1 aliphatic carbocycles. The van der Waals surface area contributed by atoms with Crippen molar-refractivity contribution in [3.05, 3.63) is 30.3 Å². The van der Waals surface area contributed by atoms with Gasteiger partial charge < -0.3 is 19.9 Å². The van der Waals surface area contributed by atoms with Crippen LogP contribution in [0, 0.1) is 11.8 Å². The van der Waals surface area contributed by atoms with E-state index >= 15 is 0 Å². The third-order valence-corrected chi connectivity index (χ3v) is 4.69. The van der Waals surface area contributed by atoms with Crippen molar-refractivity contribution < 1.29 is 19.1 Å². The van der Waals surface area contributed by atoms with Crippen LogP contribution in [-0.2, 0) is 14.3 Å². The lowest BCUT2D eigenvalue weighted by atomic mass is 10.3. The van der Waals surface area contributed by atoms with Crippen LogP contribution in [0.4, 0.5) is 10.5 Å². The normalized spacial score (nSPS) is 22.3. The van der Waals surface area contributed by atoms with Gasteiger partial charge in [-0.05, 0) is 24.5 Å². The van der Waals surface area contributed by atoms with Crippen molar-refractivity contribution in [1.29, 1.82) is 0 Å². The number of urea groups is 1. The highest BCUT2D eigenvalue weighted by Gasteiger charge is 2.40. The Morgan fingerprint density at radius 3 is 2.28 bits per heavy atom. The fraction of sp³-hybridized carbons (Fsp3) is 0.500. The monoisotopic (exact) mass is 345 g/mol. The number of hydrogen-bond acceptors (Lipinski definition) is 4. The van der Waals surface area contributed by atoms with Crippen molar-refractivity contribution in [3.63, 3.8) is 0 Å². The largest absolute Gasteiger partial charge is 0.455 e. The summed E-state index contributed by atoms with van der Waals surface area (Å²) in [6.45, 7) is 3.58. The maximum atomic E-state index is 12.2. The van der Waals surface area contributed by atoms with Crippen LogP contribution in [0.25, 0.3) is 0 Å². The molecule has 0 unspecified atom stereocenters. The van der Waals surface area contributed by atoms with Gasteiger partial charge in [0.2, 0.25) is 0 Å². The number of carbonyl (C=O) groups is 3. The van der Waals surface area contributed by atoms with Crippen LogP contribution in [0.1, 0.15) is 13.3 Å². The van der Waals surface area contributed by atoms with Crippen LogP contribution in [0.5, 0.6) is 0 Å². The predicted molar refractivity (Wildman–Crippen MR) is 91.8 cm³/mol. The van der Waals surface area contributed by atoms with Gasteiger partial charge in [-0.2, -0.15) is 0 Å². The molecule has 25 heavy (non-hydrogen) atoms. The van der Waals surface area contributed by atoms with E-state index in [1.165, 1.54) is 0 Å². The van der Waals surface area contributed by atoms with Crippen LogP contribution in [0.3, 0.4) is 0 Å². The lowest BCUT2D eigenvalue weighted by Gasteiger charge is -2.34. The second-order valence-corrected chi connectivity index (χ2v) is 6.59. The number of esters is 1. The van der Waals surface area contributed by atoms with Crippen molar-refractivity contribution in [2.45, 2.75) is 13.3 Å². The zero-order valence-electron chi connectivity index (χ0n) is 14.3. The second kappa shape index (κ2) is 7.55. The average Bonchev–Trinajstić information content (AvgIpc) is 3.37. The maximum Gasteiger partial charge on any atom is 0.321 e. The number of hydrogen-bond donors (Lipinski definition) is 1. The molecule has 1 aliphatic heterocycles. The van der Waals surface area contributed by atoms with E-state index in [1.54, 1.807) is 9.80 Å².